The topological polar surface area (TPSA) is 56.3 Å². The fourth-order valence-corrected chi connectivity index (χ4v) is 1.52. The molecule has 1 aromatic carbocycles. The molecule has 0 aliphatic rings. The van der Waals surface area contributed by atoms with Crippen molar-refractivity contribution in [3.05, 3.63) is 48.0 Å². The maximum Gasteiger partial charge on any atom is 0.321 e. The van der Waals surface area contributed by atoms with E-state index < -0.39 is 5.82 Å². The van der Waals surface area contributed by atoms with E-state index in [0.717, 1.165) is 12.1 Å². The zero-order valence-corrected chi connectivity index (χ0v) is 11.2. The normalized spacial score (nSPS) is 10.5. The summed E-state index contributed by atoms with van der Waals surface area (Å²) in [5.74, 6) is -0.333. The predicted octanol–water partition coefficient (Wildman–Crippen LogP) is 2.14. The molecule has 2 aromatic rings. The number of halogens is 1. The second-order valence-electron chi connectivity index (χ2n) is 4.08. The molecule has 0 amide bonds. The summed E-state index contributed by atoms with van der Waals surface area (Å²) >= 11 is 0. The molecule has 106 valence electrons. The molecule has 2 rings (SSSR count). The molecule has 0 radical (unpaired) electrons. The summed E-state index contributed by atoms with van der Waals surface area (Å²) in [6.07, 6.45) is 3.28. The summed E-state index contributed by atoms with van der Waals surface area (Å²) in [6.45, 7) is 2.04. The minimum Gasteiger partial charge on any atom is -0.421 e. The van der Waals surface area contributed by atoms with Gasteiger partial charge in [0, 0.05) is 38.2 Å². The van der Waals surface area contributed by atoms with Crippen molar-refractivity contribution in [3.63, 3.8) is 0 Å². The first-order chi connectivity index (χ1) is 9.79. The van der Waals surface area contributed by atoms with Gasteiger partial charge in [0.2, 0.25) is 0 Å². The van der Waals surface area contributed by atoms with Crippen LogP contribution in [0, 0.1) is 5.82 Å². The van der Waals surface area contributed by atoms with E-state index in [-0.39, 0.29) is 11.8 Å². The molecule has 0 unspecified atom stereocenters. The Kier molecular flexibility index (Phi) is 5.40. The average Bonchev–Trinajstić information content (AvgIpc) is 2.48. The molecule has 6 heteroatoms. The lowest BCUT2D eigenvalue weighted by atomic mass is 10.3. The van der Waals surface area contributed by atoms with E-state index in [2.05, 4.69) is 15.3 Å². The zero-order chi connectivity index (χ0) is 14.2. The van der Waals surface area contributed by atoms with E-state index in [9.17, 15) is 4.39 Å². The first-order valence-electron chi connectivity index (χ1n) is 6.22. The van der Waals surface area contributed by atoms with Gasteiger partial charge < -0.3 is 14.8 Å². The number of para-hydroxylation sites is 1. The fourth-order valence-electron chi connectivity index (χ4n) is 1.52. The van der Waals surface area contributed by atoms with E-state index >= 15 is 0 Å². The Bertz CT molecular complexity index is 534. The molecule has 1 heterocycles. The van der Waals surface area contributed by atoms with Gasteiger partial charge in [0.05, 0.1) is 6.61 Å². The van der Waals surface area contributed by atoms with Crippen LogP contribution in [0.1, 0.15) is 5.56 Å². The van der Waals surface area contributed by atoms with Crippen molar-refractivity contribution < 1.29 is 13.9 Å². The second-order valence-corrected chi connectivity index (χ2v) is 4.08. The minimum absolute atomic E-state index is 0.110. The number of hydrogen-bond donors (Lipinski definition) is 1. The quantitative estimate of drug-likeness (QED) is 0.786. The van der Waals surface area contributed by atoms with E-state index in [1.807, 2.05) is 0 Å². The molecule has 0 aliphatic heterocycles. The molecule has 1 N–H and O–H groups in total. The first kappa shape index (κ1) is 14.4. The largest absolute Gasteiger partial charge is 0.421 e. The number of hydrogen-bond acceptors (Lipinski definition) is 5. The first-order valence-corrected chi connectivity index (χ1v) is 6.22. The Hall–Kier alpha value is -2.05. The highest BCUT2D eigenvalue weighted by Crippen LogP contribution is 2.20. The van der Waals surface area contributed by atoms with Crippen LogP contribution in [-0.2, 0) is 11.3 Å². The minimum atomic E-state index is -0.443. The molecular formula is C14H16FN3O2. The van der Waals surface area contributed by atoms with Crippen LogP contribution in [0.25, 0.3) is 0 Å². The van der Waals surface area contributed by atoms with Crippen molar-refractivity contribution in [1.29, 1.82) is 0 Å². The van der Waals surface area contributed by atoms with Gasteiger partial charge in [0.25, 0.3) is 0 Å². The van der Waals surface area contributed by atoms with Gasteiger partial charge in [0.15, 0.2) is 11.6 Å². The van der Waals surface area contributed by atoms with Crippen molar-refractivity contribution in [2.45, 2.75) is 6.54 Å². The maximum absolute atomic E-state index is 13.4. The molecule has 0 atom stereocenters. The van der Waals surface area contributed by atoms with Crippen LogP contribution in [0.5, 0.6) is 11.8 Å². The van der Waals surface area contributed by atoms with Crippen LogP contribution in [0.3, 0.4) is 0 Å². The summed E-state index contributed by atoms with van der Waals surface area (Å²) in [6, 6.07) is 6.25. The Labute approximate surface area is 116 Å². The van der Waals surface area contributed by atoms with Crippen LogP contribution in [0.2, 0.25) is 0 Å². The van der Waals surface area contributed by atoms with E-state index in [0.29, 0.717) is 13.2 Å². The highest BCUT2D eigenvalue weighted by Gasteiger charge is 2.05. The van der Waals surface area contributed by atoms with Crippen LogP contribution in [-0.4, -0.2) is 30.2 Å². The number of ether oxygens (including phenoxy) is 2. The molecule has 0 saturated heterocycles. The van der Waals surface area contributed by atoms with Gasteiger partial charge in [-0.25, -0.2) is 14.4 Å². The SMILES string of the molecule is COCCNCc1cnc(Oc2ccccc2F)nc1. The molecule has 5 nitrogen and oxygen atoms in total. The number of aromatic nitrogens is 2. The number of rotatable bonds is 7. The van der Waals surface area contributed by atoms with Gasteiger partial charge in [-0.05, 0) is 12.1 Å². The van der Waals surface area contributed by atoms with E-state index in [4.69, 9.17) is 9.47 Å². The van der Waals surface area contributed by atoms with E-state index in [1.54, 1.807) is 31.6 Å². The Morgan fingerprint density at radius 1 is 1.20 bits per heavy atom. The van der Waals surface area contributed by atoms with Crippen LogP contribution in [0.4, 0.5) is 4.39 Å². The summed E-state index contributed by atoms with van der Waals surface area (Å²) in [5, 5.41) is 3.18. The predicted molar refractivity (Wildman–Crippen MR) is 72.1 cm³/mol. The standard InChI is InChI=1S/C14H16FN3O2/c1-19-7-6-16-8-11-9-17-14(18-10-11)20-13-5-3-2-4-12(13)15/h2-5,9-10,16H,6-8H2,1H3. The third kappa shape index (κ3) is 4.25. The third-order valence-corrected chi connectivity index (χ3v) is 2.53. The summed E-state index contributed by atoms with van der Waals surface area (Å²) < 4.78 is 23.6. The number of benzene rings is 1. The number of methoxy groups -OCH3 is 1. The fraction of sp³-hybridized carbons (Fsp3) is 0.286. The molecule has 0 fully saturated rings. The van der Waals surface area contributed by atoms with Crippen molar-refractivity contribution >= 4 is 0 Å². The maximum atomic E-state index is 13.4. The lowest BCUT2D eigenvalue weighted by Crippen LogP contribution is -2.18. The van der Waals surface area contributed by atoms with Crippen LogP contribution >= 0.6 is 0 Å². The number of nitrogens with one attached hydrogen (secondary N) is 1. The van der Waals surface area contributed by atoms with Crippen molar-refractivity contribution in [1.82, 2.24) is 15.3 Å². The van der Waals surface area contributed by atoms with Crippen LogP contribution < -0.4 is 10.1 Å². The second kappa shape index (κ2) is 7.52. The monoisotopic (exact) mass is 277 g/mol. The third-order valence-electron chi connectivity index (χ3n) is 2.53. The average molecular weight is 277 g/mol. The van der Waals surface area contributed by atoms with Crippen LogP contribution in [0.15, 0.2) is 36.7 Å². The molecule has 0 bridgehead atoms. The highest BCUT2D eigenvalue weighted by molar-refractivity contribution is 5.26. The summed E-state index contributed by atoms with van der Waals surface area (Å²) in [5.41, 5.74) is 0.919. The van der Waals surface area contributed by atoms with Gasteiger partial charge in [-0.2, -0.15) is 0 Å². The molecule has 0 saturated carbocycles. The summed E-state index contributed by atoms with van der Waals surface area (Å²) in [4.78, 5) is 8.09. The van der Waals surface area contributed by atoms with E-state index in [1.165, 1.54) is 12.1 Å². The molecule has 20 heavy (non-hydrogen) atoms. The van der Waals surface area contributed by atoms with Gasteiger partial charge in [-0.15, -0.1) is 0 Å². The summed E-state index contributed by atoms with van der Waals surface area (Å²) in [7, 11) is 1.65. The molecule has 0 aliphatic carbocycles. The Morgan fingerprint density at radius 2 is 1.95 bits per heavy atom. The van der Waals surface area contributed by atoms with Crippen molar-refractivity contribution in [3.8, 4) is 11.8 Å². The lowest BCUT2D eigenvalue weighted by Gasteiger charge is -2.06. The smallest absolute Gasteiger partial charge is 0.321 e. The van der Waals surface area contributed by atoms with Gasteiger partial charge in [-0.3, -0.25) is 0 Å². The highest BCUT2D eigenvalue weighted by atomic mass is 19.1. The zero-order valence-electron chi connectivity index (χ0n) is 11.2. The Balaban J connectivity index is 1.90. The van der Waals surface area contributed by atoms with Gasteiger partial charge in [0.1, 0.15) is 0 Å². The molecule has 0 spiro atoms. The van der Waals surface area contributed by atoms with Crippen molar-refractivity contribution in [2.75, 3.05) is 20.3 Å². The molecule has 1 aromatic heterocycles. The number of nitrogens with zero attached hydrogens (tertiary/aromatic N) is 2. The lowest BCUT2D eigenvalue weighted by molar-refractivity contribution is 0.199. The van der Waals surface area contributed by atoms with Crippen molar-refractivity contribution in [2.24, 2.45) is 0 Å². The molecular weight excluding hydrogens is 261 g/mol. The van der Waals surface area contributed by atoms with Gasteiger partial charge in [-0.1, -0.05) is 12.1 Å². The van der Waals surface area contributed by atoms with Gasteiger partial charge >= 0.3 is 6.01 Å². The Morgan fingerprint density at radius 3 is 2.65 bits per heavy atom.